The first-order chi connectivity index (χ1) is 6.74. The molecule has 1 aromatic heterocycles. The number of aryl methyl sites for hydroxylation is 1. The lowest BCUT2D eigenvalue weighted by molar-refractivity contribution is 0.382. The average molecular weight is 213 g/mol. The molecule has 0 spiro atoms. The van der Waals surface area contributed by atoms with Crippen LogP contribution in [0.5, 0.6) is 0 Å². The summed E-state index contributed by atoms with van der Waals surface area (Å²) in [5.41, 5.74) is 0.929. The molecule has 1 atom stereocenters. The molecule has 14 heavy (non-hydrogen) atoms. The minimum atomic E-state index is -0.752. The van der Waals surface area contributed by atoms with Gasteiger partial charge in [0.1, 0.15) is 0 Å². The third-order valence-electron chi connectivity index (χ3n) is 2.37. The van der Waals surface area contributed by atoms with Gasteiger partial charge >= 0.3 is 0 Å². The highest BCUT2D eigenvalue weighted by Gasteiger charge is 2.19. The van der Waals surface area contributed by atoms with Crippen molar-refractivity contribution in [2.24, 2.45) is 13.0 Å². The van der Waals surface area contributed by atoms with Crippen LogP contribution in [0, 0.1) is 5.92 Å². The highest BCUT2D eigenvalue weighted by atomic mass is 32.2. The number of rotatable bonds is 4. The van der Waals surface area contributed by atoms with E-state index in [1.165, 1.54) is 0 Å². The fraction of sp³-hybridized carbons (Fsp3) is 0.667. The van der Waals surface area contributed by atoms with Crippen LogP contribution in [0.2, 0.25) is 0 Å². The Labute approximate surface area is 86.1 Å². The molecule has 2 heterocycles. The second-order valence-electron chi connectivity index (χ2n) is 3.76. The van der Waals surface area contributed by atoms with Crippen molar-refractivity contribution in [2.75, 3.05) is 18.8 Å². The molecular weight excluding hydrogens is 198 g/mol. The Balaban J connectivity index is 1.81. The maximum atomic E-state index is 11.7. The smallest absolute Gasteiger partial charge is 0.0749 e. The number of nitrogens with zero attached hydrogens (tertiary/aromatic N) is 2. The second kappa shape index (κ2) is 4.23. The summed E-state index contributed by atoms with van der Waals surface area (Å²) in [5, 5.41) is 7.39. The number of hydrogen-bond acceptors (Lipinski definition) is 3. The van der Waals surface area contributed by atoms with E-state index in [0.717, 1.165) is 24.5 Å². The molecule has 1 aliphatic rings. The topological polar surface area (TPSA) is 46.9 Å². The Kier molecular flexibility index (Phi) is 2.98. The van der Waals surface area contributed by atoms with E-state index in [1.54, 1.807) is 4.68 Å². The van der Waals surface area contributed by atoms with Gasteiger partial charge < -0.3 is 5.32 Å². The van der Waals surface area contributed by atoms with Crippen molar-refractivity contribution >= 4 is 10.8 Å². The summed E-state index contributed by atoms with van der Waals surface area (Å²) in [4.78, 5) is 0. The summed E-state index contributed by atoms with van der Waals surface area (Å²) in [6.07, 6.45) is 1.89. The van der Waals surface area contributed by atoms with Crippen molar-refractivity contribution in [1.29, 1.82) is 0 Å². The largest absolute Gasteiger partial charge is 0.316 e. The standard InChI is InChI=1S/C9H15N3OS/c1-12-3-2-9(11-12)7-14(13)6-8-4-10-5-8/h2-3,8,10H,4-7H2,1H3. The molecule has 0 saturated carbocycles. The molecular formula is C9H15N3OS. The van der Waals surface area contributed by atoms with Crippen LogP contribution in [0.25, 0.3) is 0 Å². The molecule has 78 valence electrons. The fourth-order valence-corrected chi connectivity index (χ4v) is 2.86. The van der Waals surface area contributed by atoms with E-state index >= 15 is 0 Å². The molecule has 0 aliphatic carbocycles. The van der Waals surface area contributed by atoms with Gasteiger partial charge in [0.05, 0.1) is 11.4 Å². The molecule has 0 aromatic carbocycles. The van der Waals surface area contributed by atoms with E-state index in [9.17, 15) is 4.21 Å². The summed E-state index contributed by atoms with van der Waals surface area (Å²) in [6, 6.07) is 1.93. The van der Waals surface area contributed by atoms with Crippen molar-refractivity contribution in [1.82, 2.24) is 15.1 Å². The van der Waals surface area contributed by atoms with Gasteiger partial charge in [0.25, 0.3) is 0 Å². The van der Waals surface area contributed by atoms with Crippen molar-refractivity contribution in [3.8, 4) is 0 Å². The second-order valence-corrected chi connectivity index (χ2v) is 5.26. The van der Waals surface area contributed by atoms with Crippen molar-refractivity contribution in [2.45, 2.75) is 5.75 Å². The van der Waals surface area contributed by atoms with Gasteiger partial charge in [-0.2, -0.15) is 5.10 Å². The van der Waals surface area contributed by atoms with Gasteiger partial charge in [0, 0.05) is 42.9 Å². The SMILES string of the molecule is Cn1ccc(CS(=O)CC2CNC2)n1. The van der Waals surface area contributed by atoms with Crippen LogP contribution in [0.15, 0.2) is 12.3 Å². The maximum absolute atomic E-state index is 11.7. The van der Waals surface area contributed by atoms with Crippen LogP contribution in [-0.2, 0) is 23.6 Å². The predicted octanol–water partition coefficient (Wildman–Crippen LogP) is -0.112. The Hall–Kier alpha value is -0.680. The monoisotopic (exact) mass is 213 g/mol. The third kappa shape index (κ3) is 2.42. The van der Waals surface area contributed by atoms with Gasteiger partial charge in [-0.05, 0) is 12.0 Å². The summed E-state index contributed by atoms with van der Waals surface area (Å²) in [6.45, 7) is 2.04. The highest BCUT2D eigenvalue weighted by molar-refractivity contribution is 7.84. The molecule has 1 fully saturated rings. The minimum absolute atomic E-state index is 0.595. The average Bonchev–Trinajstić information content (AvgIpc) is 2.44. The molecule has 0 amide bonds. The molecule has 0 radical (unpaired) electrons. The van der Waals surface area contributed by atoms with Gasteiger partial charge in [-0.25, -0.2) is 0 Å². The maximum Gasteiger partial charge on any atom is 0.0749 e. The lowest BCUT2D eigenvalue weighted by Gasteiger charge is -2.26. The van der Waals surface area contributed by atoms with Crippen molar-refractivity contribution in [3.05, 3.63) is 18.0 Å². The first-order valence-electron chi connectivity index (χ1n) is 4.78. The summed E-state index contributed by atoms with van der Waals surface area (Å²) >= 11 is 0. The summed E-state index contributed by atoms with van der Waals surface area (Å²) < 4.78 is 13.4. The Morgan fingerprint density at radius 3 is 3.00 bits per heavy atom. The molecule has 1 aromatic rings. The minimum Gasteiger partial charge on any atom is -0.316 e. The van der Waals surface area contributed by atoms with Crippen LogP contribution >= 0.6 is 0 Å². The molecule has 4 nitrogen and oxygen atoms in total. The fourth-order valence-electron chi connectivity index (χ4n) is 1.49. The molecule has 1 unspecified atom stereocenters. The van der Waals surface area contributed by atoms with E-state index in [2.05, 4.69) is 10.4 Å². The number of hydrogen-bond donors (Lipinski definition) is 1. The Morgan fingerprint density at radius 1 is 1.71 bits per heavy atom. The zero-order valence-corrected chi connectivity index (χ0v) is 9.09. The van der Waals surface area contributed by atoms with Gasteiger partial charge in [-0.15, -0.1) is 0 Å². The Bertz CT molecular complexity index is 333. The summed E-state index contributed by atoms with van der Waals surface area (Å²) in [5.74, 6) is 2.01. The van der Waals surface area contributed by atoms with Gasteiger partial charge in [-0.1, -0.05) is 0 Å². The van der Waals surface area contributed by atoms with E-state index in [-0.39, 0.29) is 0 Å². The van der Waals surface area contributed by atoms with Crippen LogP contribution in [0.3, 0.4) is 0 Å². The molecule has 1 saturated heterocycles. The van der Waals surface area contributed by atoms with Crippen molar-refractivity contribution in [3.63, 3.8) is 0 Å². The molecule has 0 bridgehead atoms. The van der Waals surface area contributed by atoms with Crippen LogP contribution < -0.4 is 5.32 Å². The van der Waals surface area contributed by atoms with Crippen LogP contribution in [0.1, 0.15) is 5.69 Å². The summed E-state index contributed by atoms with van der Waals surface area (Å²) in [7, 11) is 1.13. The lowest BCUT2D eigenvalue weighted by Crippen LogP contribution is -2.44. The number of nitrogens with one attached hydrogen (secondary N) is 1. The number of aromatic nitrogens is 2. The Morgan fingerprint density at radius 2 is 2.50 bits per heavy atom. The van der Waals surface area contributed by atoms with Gasteiger partial charge in [-0.3, -0.25) is 8.89 Å². The highest BCUT2D eigenvalue weighted by Crippen LogP contribution is 2.08. The van der Waals surface area contributed by atoms with Crippen LogP contribution in [0.4, 0.5) is 0 Å². The molecule has 1 N–H and O–H groups in total. The quantitative estimate of drug-likeness (QED) is 0.759. The first kappa shape index (κ1) is 9.86. The molecule has 2 rings (SSSR count). The first-order valence-corrected chi connectivity index (χ1v) is 6.27. The van der Waals surface area contributed by atoms with E-state index < -0.39 is 10.8 Å². The molecule has 1 aliphatic heterocycles. The van der Waals surface area contributed by atoms with E-state index in [1.807, 2.05) is 19.3 Å². The van der Waals surface area contributed by atoms with Crippen LogP contribution in [-0.4, -0.2) is 32.8 Å². The van der Waals surface area contributed by atoms with E-state index in [4.69, 9.17) is 0 Å². The van der Waals surface area contributed by atoms with Gasteiger partial charge in [0.15, 0.2) is 0 Å². The van der Waals surface area contributed by atoms with Crippen molar-refractivity contribution < 1.29 is 4.21 Å². The predicted molar refractivity (Wildman–Crippen MR) is 56.3 cm³/mol. The third-order valence-corrected chi connectivity index (χ3v) is 3.83. The van der Waals surface area contributed by atoms with Gasteiger partial charge in [0.2, 0.25) is 0 Å². The zero-order chi connectivity index (χ0) is 9.97. The lowest BCUT2D eigenvalue weighted by atomic mass is 10.1. The zero-order valence-electron chi connectivity index (χ0n) is 8.27. The molecule has 5 heteroatoms. The normalized spacial score (nSPS) is 19.2. The van der Waals surface area contributed by atoms with E-state index in [0.29, 0.717) is 11.7 Å².